The molecule has 0 aliphatic rings. The van der Waals surface area contributed by atoms with Gasteiger partial charge in [-0.15, -0.1) is 0 Å². The van der Waals surface area contributed by atoms with E-state index in [0.29, 0.717) is 0 Å². The van der Waals surface area contributed by atoms with E-state index in [1.165, 1.54) is 0 Å². The Kier molecular flexibility index (Phi) is 4.78. The van der Waals surface area contributed by atoms with E-state index >= 15 is 0 Å². The van der Waals surface area contributed by atoms with Crippen molar-refractivity contribution in [2.24, 2.45) is 5.73 Å². The second-order valence-corrected chi connectivity index (χ2v) is 2.97. The lowest BCUT2D eigenvalue weighted by Crippen LogP contribution is -2.65. The molecule has 0 aliphatic heterocycles. The first-order chi connectivity index (χ1) is 6.82. The molecule has 15 heavy (non-hydrogen) atoms. The van der Waals surface area contributed by atoms with Crippen molar-refractivity contribution >= 4 is 12.2 Å². The van der Waals surface area contributed by atoms with Crippen LogP contribution in [0.2, 0.25) is 0 Å². The highest BCUT2D eigenvalue weighted by atomic mass is 16.4. The zero-order chi connectivity index (χ0) is 12.2. The van der Waals surface area contributed by atoms with Gasteiger partial charge in [0.05, 0.1) is 6.61 Å². The van der Waals surface area contributed by atoms with Crippen molar-refractivity contribution in [3.63, 3.8) is 0 Å². The fourth-order valence-corrected chi connectivity index (χ4v) is 0.963. The average Bonchev–Trinajstić information content (AvgIpc) is 2.24. The van der Waals surface area contributed by atoms with Crippen LogP contribution in [0.3, 0.4) is 0 Å². The van der Waals surface area contributed by atoms with Crippen molar-refractivity contribution in [3.05, 3.63) is 0 Å². The smallest absolute Gasteiger partial charge is 0.255 e. The van der Waals surface area contributed by atoms with Crippen LogP contribution in [0.5, 0.6) is 0 Å². The Morgan fingerprint density at radius 1 is 1.40 bits per heavy atom. The van der Waals surface area contributed by atoms with Gasteiger partial charge in [-0.25, -0.2) is 0 Å². The van der Waals surface area contributed by atoms with Crippen LogP contribution < -0.4 is 5.73 Å². The lowest BCUT2D eigenvalue weighted by Gasteiger charge is -2.33. The highest BCUT2D eigenvalue weighted by molar-refractivity contribution is 5.88. The fraction of sp³-hybridized carbons (Fsp3) is 0.714. The van der Waals surface area contributed by atoms with Gasteiger partial charge in [0.15, 0.2) is 6.29 Å². The summed E-state index contributed by atoms with van der Waals surface area (Å²) in [6.07, 6.45) is -6.72. The molecule has 0 heterocycles. The van der Waals surface area contributed by atoms with Crippen molar-refractivity contribution in [2.75, 3.05) is 6.61 Å². The van der Waals surface area contributed by atoms with Gasteiger partial charge in [0.25, 0.3) is 5.91 Å². The molecule has 0 radical (unpaired) electrons. The lowest BCUT2D eigenvalue weighted by molar-refractivity contribution is -0.188. The molecule has 8 nitrogen and oxygen atoms in total. The number of aliphatic hydroxyl groups excluding tert-OH is 4. The van der Waals surface area contributed by atoms with Gasteiger partial charge in [0, 0.05) is 0 Å². The molecule has 7 N–H and O–H groups in total. The highest BCUT2D eigenvalue weighted by Crippen LogP contribution is 2.17. The first-order valence-corrected chi connectivity index (χ1v) is 3.95. The Morgan fingerprint density at radius 3 is 2.13 bits per heavy atom. The summed E-state index contributed by atoms with van der Waals surface area (Å²) in [4.78, 5) is 21.0. The molecule has 0 rings (SSSR count). The largest absolute Gasteiger partial charge is 0.394 e. The summed E-state index contributed by atoms with van der Waals surface area (Å²) in [5.41, 5.74) is 1.64. The van der Waals surface area contributed by atoms with E-state index in [2.05, 4.69) is 5.73 Å². The summed E-state index contributed by atoms with van der Waals surface area (Å²) in [5.74, 6) is -1.60. The molecular weight excluding hydrogens is 210 g/mol. The lowest BCUT2D eigenvalue weighted by atomic mass is 9.87. The number of hydrogen-bond donors (Lipinski definition) is 6. The van der Waals surface area contributed by atoms with Crippen LogP contribution in [0, 0.1) is 0 Å². The van der Waals surface area contributed by atoms with Gasteiger partial charge in [-0.05, 0) is 0 Å². The number of carbonyl (C=O) groups is 2. The topological polar surface area (TPSA) is 161 Å². The fourth-order valence-electron chi connectivity index (χ4n) is 0.963. The van der Waals surface area contributed by atoms with Gasteiger partial charge in [-0.3, -0.25) is 4.79 Å². The molecule has 0 aromatic carbocycles. The second kappa shape index (κ2) is 5.14. The molecule has 88 valence electrons. The normalized spacial score (nSPS) is 21.1. The Morgan fingerprint density at radius 2 is 1.87 bits per heavy atom. The van der Waals surface area contributed by atoms with Crippen molar-refractivity contribution in [3.8, 4) is 0 Å². The highest BCUT2D eigenvalue weighted by Gasteiger charge is 2.51. The number of rotatable bonds is 6. The molecule has 0 unspecified atom stereocenters. The SMILES string of the molecule is NC(=O)[C@@](O)([C@H](O)C=O)[C@H](O)[C@H](O)CO. The average molecular weight is 223 g/mol. The van der Waals surface area contributed by atoms with E-state index in [-0.39, 0.29) is 6.29 Å². The molecular formula is C7H13NO7. The van der Waals surface area contributed by atoms with Crippen molar-refractivity contribution in [1.82, 2.24) is 0 Å². The minimum absolute atomic E-state index is 0.224. The first kappa shape index (κ1) is 13.9. The summed E-state index contributed by atoms with van der Waals surface area (Å²) in [5, 5.41) is 45.1. The van der Waals surface area contributed by atoms with E-state index in [4.69, 9.17) is 15.3 Å². The molecule has 1 amide bonds. The predicted molar refractivity (Wildman–Crippen MR) is 45.3 cm³/mol. The minimum Gasteiger partial charge on any atom is -0.394 e. The molecule has 0 aromatic rings. The predicted octanol–water partition coefficient (Wildman–Crippen LogP) is -4.52. The van der Waals surface area contributed by atoms with Crippen LogP contribution in [-0.4, -0.2) is 68.2 Å². The summed E-state index contributed by atoms with van der Waals surface area (Å²) in [6.45, 7) is -0.984. The molecule has 0 fully saturated rings. The van der Waals surface area contributed by atoms with Gasteiger partial charge in [0.1, 0.15) is 18.3 Å². The van der Waals surface area contributed by atoms with E-state index < -0.39 is 36.4 Å². The van der Waals surface area contributed by atoms with Crippen LogP contribution in [0.15, 0.2) is 0 Å². The molecule has 0 saturated heterocycles. The van der Waals surface area contributed by atoms with Crippen LogP contribution in [0.1, 0.15) is 0 Å². The maximum Gasteiger partial charge on any atom is 0.255 e. The summed E-state index contributed by atoms with van der Waals surface area (Å²) in [6, 6.07) is 0. The van der Waals surface area contributed by atoms with Crippen LogP contribution in [0.4, 0.5) is 0 Å². The van der Waals surface area contributed by atoms with E-state index in [1.54, 1.807) is 0 Å². The molecule has 0 spiro atoms. The molecule has 0 saturated carbocycles. The Labute approximate surface area is 84.6 Å². The zero-order valence-corrected chi connectivity index (χ0v) is 7.65. The Bertz CT molecular complexity index is 245. The number of carbonyl (C=O) groups excluding carboxylic acids is 2. The standard InChI is InChI=1S/C7H13NO7/c8-6(14)7(15,4(12)2-10)5(13)3(11)1-9/h2-5,9,11-13,15H,1H2,(H2,8,14)/t3-,4-,5-,7-/m1/s1. The van der Waals surface area contributed by atoms with Crippen LogP contribution in [-0.2, 0) is 9.59 Å². The van der Waals surface area contributed by atoms with Gasteiger partial charge in [-0.1, -0.05) is 0 Å². The number of hydrogen-bond acceptors (Lipinski definition) is 7. The number of primary amides is 1. The molecule has 4 atom stereocenters. The first-order valence-electron chi connectivity index (χ1n) is 3.95. The number of amides is 1. The van der Waals surface area contributed by atoms with Crippen molar-refractivity contribution in [1.29, 1.82) is 0 Å². The molecule has 0 aliphatic carbocycles. The number of aldehydes is 1. The summed E-state index contributed by atoms with van der Waals surface area (Å²) in [7, 11) is 0. The van der Waals surface area contributed by atoms with Gasteiger partial charge >= 0.3 is 0 Å². The number of nitrogens with two attached hydrogens (primary N) is 1. The number of aliphatic hydroxyl groups is 5. The van der Waals surface area contributed by atoms with Crippen LogP contribution >= 0.6 is 0 Å². The van der Waals surface area contributed by atoms with E-state index in [1.807, 2.05) is 0 Å². The van der Waals surface area contributed by atoms with Crippen LogP contribution in [0.25, 0.3) is 0 Å². The minimum atomic E-state index is -3.04. The maximum atomic E-state index is 10.8. The monoisotopic (exact) mass is 223 g/mol. The van der Waals surface area contributed by atoms with Gasteiger partial charge in [0.2, 0.25) is 5.60 Å². The zero-order valence-electron chi connectivity index (χ0n) is 7.65. The van der Waals surface area contributed by atoms with E-state index in [9.17, 15) is 19.8 Å². The van der Waals surface area contributed by atoms with Gasteiger partial charge in [-0.2, -0.15) is 0 Å². The van der Waals surface area contributed by atoms with Crippen molar-refractivity contribution in [2.45, 2.75) is 23.9 Å². The third kappa shape index (κ3) is 2.49. The molecule has 0 bridgehead atoms. The summed E-state index contributed by atoms with van der Waals surface area (Å²) >= 11 is 0. The Hall–Kier alpha value is -1.06. The quantitative estimate of drug-likeness (QED) is 0.247. The molecule has 8 heteroatoms. The van der Waals surface area contributed by atoms with Gasteiger partial charge < -0.3 is 36.1 Å². The summed E-state index contributed by atoms with van der Waals surface area (Å²) < 4.78 is 0. The van der Waals surface area contributed by atoms with Crippen molar-refractivity contribution < 1.29 is 35.1 Å². The third-order valence-corrected chi connectivity index (χ3v) is 1.98. The maximum absolute atomic E-state index is 10.8. The Balaban J connectivity index is 5.10. The van der Waals surface area contributed by atoms with E-state index in [0.717, 1.165) is 0 Å². The third-order valence-electron chi connectivity index (χ3n) is 1.98. The second-order valence-electron chi connectivity index (χ2n) is 2.97. The molecule has 0 aromatic heterocycles.